The average Bonchev–Trinajstić information content (AvgIpc) is 2.56. The lowest BCUT2D eigenvalue weighted by Crippen LogP contribution is -2.46. The molecule has 0 heterocycles. The van der Waals surface area contributed by atoms with E-state index in [1.165, 1.54) is 0 Å². The van der Waals surface area contributed by atoms with Crippen molar-refractivity contribution in [3.8, 4) is 0 Å². The number of amides is 1. The van der Waals surface area contributed by atoms with Gasteiger partial charge in [-0.15, -0.1) is 0 Å². The zero-order valence-electron chi connectivity index (χ0n) is 11.2. The number of ether oxygens (including phenoxy) is 1. The molecule has 0 aliphatic heterocycles. The van der Waals surface area contributed by atoms with E-state index in [1.54, 1.807) is 20.8 Å². The molecule has 1 saturated carbocycles. The number of carbonyl (C=O) groups excluding carboxylic acids is 1. The highest BCUT2D eigenvalue weighted by Gasteiger charge is 2.42. The molecule has 18 heavy (non-hydrogen) atoms. The van der Waals surface area contributed by atoms with Gasteiger partial charge in [0.15, 0.2) is 0 Å². The van der Waals surface area contributed by atoms with Gasteiger partial charge < -0.3 is 20.9 Å². The summed E-state index contributed by atoms with van der Waals surface area (Å²) < 4.78 is 5.10. The molecule has 0 saturated heterocycles. The second kappa shape index (κ2) is 5.14. The average molecular weight is 258 g/mol. The van der Waals surface area contributed by atoms with Crippen LogP contribution in [-0.4, -0.2) is 34.9 Å². The second-order valence-corrected chi connectivity index (χ2v) is 5.95. The van der Waals surface area contributed by atoms with E-state index in [-0.39, 0.29) is 5.92 Å². The molecule has 0 bridgehead atoms. The molecular weight excluding hydrogens is 236 g/mol. The lowest BCUT2D eigenvalue weighted by molar-refractivity contribution is -0.143. The Labute approximate surface area is 107 Å². The quantitative estimate of drug-likeness (QED) is 0.703. The topological polar surface area (TPSA) is 102 Å². The Hall–Kier alpha value is -1.30. The highest BCUT2D eigenvalue weighted by molar-refractivity contribution is 5.78. The molecule has 0 radical (unpaired) electrons. The largest absolute Gasteiger partial charge is 0.480 e. The molecular formula is C12H22N2O4. The van der Waals surface area contributed by atoms with Gasteiger partial charge in [0.25, 0.3) is 0 Å². The van der Waals surface area contributed by atoms with Crippen LogP contribution < -0.4 is 11.1 Å². The first kappa shape index (κ1) is 14.8. The Morgan fingerprint density at radius 1 is 1.50 bits per heavy atom. The van der Waals surface area contributed by atoms with Crippen molar-refractivity contribution in [2.75, 3.05) is 6.54 Å². The zero-order valence-corrected chi connectivity index (χ0v) is 11.2. The molecule has 4 N–H and O–H groups in total. The number of rotatable bonds is 3. The minimum absolute atomic E-state index is 0.0959. The molecule has 0 aromatic heterocycles. The van der Waals surface area contributed by atoms with Gasteiger partial charge in [-0.2, -0.15) is 0 Å². The first-order valence-electron chi connectivity index (χ1n) is 6.11. The van der Waals surface area contributed by atoms with Gasteiger partial charge in [-0.1, -0.05) is 0 Å². The molecule has 104 valence electrons. The molecule has 6 nitrogen and oxygen atoms in total. The molecule has 1 fully saturated rings. The third kappa shape index (κ3) is 4.18. The van der Waals surface area contributed by atoms with Gasteiger partial charge in [-0.3, -0.25) is 4.79 Å². The summed E-state index contributed by atoms with van der Waals surface area (Å²) in [5.41, 5.74) is 4.09. The first-order chi connectivity index (χ1) is 8.12. The van der Waals surface area contributed by atoms with Gasteiger partial charge in [0.05, 0.1) is 0 Å². The van der Waals surface area contributed by atoms with Crippen LogP contribution >= 0.6 is 0 Å². The summed E-state index contributed by atoms with van der Waals surface area (Å²) in [6, 6.07) is 0. The predicted octanol–water partition coefficient (Wildman–Crippen LogP) is 1.09. The van der Waals surface area contributed by atoms with E-state index in [1.807, 2.05) is 0 Å². The summed E-state index contributed by atoms with van der Waals surface area (Å²) in [6.45, 7) is 5.77. The van der Waals surface area contributed by atoms with E-state index >= 15 is 0 Å². The maximum atomic E-state index is 11.4. The fourth-order valence-electron chi connectivity index (χ4n) is 2.09. The van der Waals surface area contributed by atoms with Crippen molar-refractivity contribution >= 4 is 12.1 Å². The summed E-state index contributed by atoms with van der Waals surface area (Å²) in [5, 5.41) is 11.6. The maximum absolute atomic E-state index is 11.4. The maximum Gasteiger partial charge on any atom is 0.407 e. The number of hydrogen-bond donors (Lipinski definition) is 3. The summed E-state index contributed by atoms with van der Waals surface area (Å²) in [7, 11) is 0. The van der Waals surface area contributed by atoms with Crippen LogP contribution in [0.4, 0.5) is 4.79 Å². The van der Waals surface area contributed by atoms with Crippen LogP contribution in [0.3, 0.4) is 0 Å². The Bertz CT molecular complexity index is 337. The number of nitrogens with two attached hydrogens (primary N) is 1. The third-order valence-electron chi connectivity index (χ3n) is 3.01. The van der Waals surface area contributed by atoms with Crippen LogP contribution in [0.5, 0.6) is 0 Å². The number of carboxylic acid groups (broad SMARTS) is 1. The van der Waals surface area contributed by atoms with Crippen LogP contribution in [0.1, 0.15) is 40.0 Å². The van der Waals surface area contributed by atoms with E-state index < -0.39 is 23.2 Å². The van der Waals surface area contributed by atoms with Crippen LogP contribution in [-0.2, 0) is 9.53 Å². The Balaban J connectivity index is 2.34. The SMILES string of the molecule is CC(C)(C)OC(=O)NC[C@@H]1CC[C@](N)(C(=O)O)C1. The van der Waals surface area contributed by atoms with Crippen LogP contribution in [0.25, 0.3) is 0 Å². The lowest BCUT2D eigenvalue weighted by Gasteiger charge is -2.21. The minimum atomic E-state index is -1.14. The minimum Gasteiger partial charge on any atom is -0.480 e. The van der Waals surface area contributed by atoms with Gasteiger partial charge in [0.1, 0.15) is 11.1 Å². The van der Waals surface area contributed by atoms with Gasteiger partial charge in [0.2, 0.25) is 0 Å². The number of carboxylic acids is 1. The first-order valence-corrected chi connectivity index (χ1v) is 6.11. The molecule has 0 spiro atoms. The molecule has 1 rings (SSSR count). The number of nitrogens with one attached hydrogen (secondary N) is 1. The lowest BCUT2D eigenvalue weighted by atomic mass is 9.98. The van der Waals surface area contributed by atoms with Gasteiger partial charge in [-0.05, 0) is 46.0 Å². The predicted molar refractivity (Wildman–Crippen MR) is 66.1 cm³/mol. The third-order valence-corrected chi connectivity index (χ3v) is 3.01. The van der Waals surface area contributed by atoms with Gasteiger partial charge in [-0.25, -0.2) is 4.79 Å². The molecule has 1 aliphatic carbocycles. The van der Waals surface area contributed by atoms with Gasteiger partial charge >= 0.3 is 12.1 Å². The highest BCUT2D eigenvalue weighted by atomic mass is 16.6. The summed E-state index contributed by atoms with van der Waals surface area (Å²) in [4.78, 5) is 22.4. The molecule has 6 heteroatoms. The van der Waals surface area contributed by atoms with Crippen molar-refractivity contribution in [3.63, 3.8) is 0 Å². The van der Waals surface area contributed by atoms with Gasteiger partial charge in [0, 0.05) is 6.54 Å². The van der Waals surface area contributed by atoms with E-state index in [0.717, 1.165) is 0 Å². The molecule has 0 aromatic carbocycles. The number of hydrogen-bond acceptors (Lipinski definition) is 4. The number of alkyl carbamates (subject to hydrolysis) is 1. The van der Waals surface area contributed by atoms with Crippen molar-refractivity contribution in [2.45, 2.75) is 51.2 Å². The fraction of sp³-hybridized carbons (Fsp3) is 0.833. The van der Waals surface area contributed by atoms with Crippen LogP contribution in [0, 0.1) is 5.92 Å². The van der Waals surface area contributed by atoms with Crippen molar-refractivity contribution in [3.05, 3.63) is 0 Å². The second-order valence-electron chi connectivity index (χ2n) is 5.95. The van der Waals surface area contributed by atoms with E-state index in [2.05, 4.69) is 5.32 Å². The van der Waals surface area contributed by atoms with E-state index in [9.17, 15) is 9.59 Å². The summed E-state index contributed by atoms with van der Waals surface area (Å²) in [5.74, 6) is -0.874. The van der Waals surface area contributed by atoms with Crippen LogP contribution in [0.2, 0.25) is 0 Å². The number of carbonyl (C=O) groups is 2. The van der Waals surface area contributed by atoms with Crippen molar-refractivity contribution in [2.24, 2.45) is 11.7 Å². The summed E-state index contributed by atoms with van der Waals surface area (Å²) >= 11 is 0. The van der Waals surface area contributed by atoms with Crippen molar-refractivity contribution in [1.29, 1.82) is 0 Å². The van der Waals surface area contributed by atoms with Crippen molar-refractivity contribution < 1.29 is 19.4 Å². The smallest absolute Gasteiger partial charge is 0.407 e. The molecule has 2 atom stereocenters. The van der Waals surface area contributed by atoms with E-state index in [4.69, 9.17) is 15.6 Å². The Morgan fingerprint density at radius 3 is 2.56 bits per heavy atom. The Kier molecular flexibility index (Phi) is 4.21. The highest BCUT2D eigenvalue weighted by Crippen LogP contribution is 2.32. The molecule has 1 aliphatic rings. The monoisotopic (exact) mass is 258 g/mol. The summed E-state index contributed by atoms with van der Waals surface area (Å²) in [6.07, 6.45) is 1.06. The standard InChI is InChI=1S/C12H22N2O4/c1-11(2,3)18-10(17)14-7-8-4-5-12(13,6-8)9(15)16/h8H,4-7,13H2,1-3H3,(H,14,17)(H,15,16)/t8-,12-/m1/s1. The Morgan fingerprint density at radius 2 is 2.11 bits per heavy atom. The normalized spacial score (nSPS) is 27.9. The van der Waals surface area contributed by atoms with E-state index in [0.29, 0.717) is 25.8 Å². The molecule has 0 aromatic rings. The van der Waals surface area contributed by atoms with Crippen LogP contribution in [0.15, 0.2) is 0 Å². The number of aliphatic carboxylic acids is 1. The zero-order chi connectivity index (χ0) is 14.0. The molecule has 0 unspecified atom stereocenters. The fourth-order valence-corrected chi connectivity index (χ4v) is 2.09. The van der Waals surface area contributed by atoms with Crippen molar-refractivity contribution in [1.82, 2.24) is 5.32 Å². The molecule has 1 amide bonds.